The summed E-state index contributed by atoms with van der Waals surface area (Å²) in [6.07, 6.45) is 0.263. The Morgan fingerprint density at radius 1 is 0.773 bits per heavy atom. The molecule has 0 bridgehead atoms. The van der Waals surface area contributed by atoms with Crippen molar-refractivity contribution in [1.29, 1.82) is 0 Å². The molecule has 2 aromatic carbocycles. The number of benzene rings is 2. The van der Waals surface area contributed by atoms with Gasteiger partial charge >= 0.3 is 0 Å². The Morgan fingerprint density at radius 3 is 1.59 bits per heavy atom. The minimum atomic E-state index is -1.50. The first-order valence-electron chi connectivity index (χ1n) is 7.09. The van der Waals surface area contributed by atoms with Gasteiger partial charge in [0.2, 0.25) is 0 Å². The smallest absolute Gasteiger partial charge is 0.197 e. The summed E-state index contributed by atoms with van der Waals surface area (Å²) < 4.78 is 5.43. The SMILES string of the molecule is NC1(N)CC(=C(c2ccccc2)c2ccccc2)C(N)(N)O1. The van der Waals surface area contributed by atoms with E-state index >= 15 is 0 Å². The van der Waals surface area contributed by atoms with Crippen molar-refractivity contribution in [1.82, 2.24) is 0 Å². The van der Waals surface area contributed by atoms with Gasteiger partial charge in [-0.3, -0.25) is 22.9 Å². The molecular formula is C17H20N4O. The van der Waals surface area contributed by atoms with Gasteiger partial charge in [0, 0.05) is 12.0 Å². The monoisotopic (exact) mass is 296 g/mol. The second kappa shape index (κ2) is 5.31. The maximum atomic E-state index is 6.11. The molecule has 22 heavy (non-hydrogen) atoms. The van der Waals surface area contributed by atoms with Crippen molar-refractivity contribution in [3.05, 3.63) is 77.4 Å². The molecule has 0 radical (unpaired) electrons. The fraction of sp³-hybridized carbons (Fsp3) is 0.176. The van der Waals surface area contributed by atoms with Crippen molar-refractivity contribution in [2.45, 2.75) is 18.1 Å². The average Bonchev–Trinajstić information content (AvgIpc) is 2.69. The molecule has 5 nitrogen and oxygen atoms in total. The van der Waals surface area contributed by atoms with Crippen LogP contribution >= 0.6 is 0 Å². The van der Waals surface area contributed by atoms with Crippen molar-refractivity contribution in [2.75, 3.05) is 0 Å². The summed E-state index contributed by atoms with van der Waals surface area (Å²) >= 11 is 0. The molecule has 114 valence electrons. The van der Waals surface area contributed by atoms with Crippen LogP contribution < -0.4 is 22.9 Å². The first kappa shape index (κ1) is 14.9. The van der Waals surface area contributed by atoms with Gasteiger partial charge in [-0.15, -0.1) is 0 Å². The average molecular weight is 296 g/mol. The second-order valence-corrected chi connectivity index (χ2v) is 5.61. The van der Waals surface area contributed by atoms with Crippen LogP contribution in [0.4, 0.5) is 0 Å². The lowest BCUT2D eigenvalue weighted by atomic mass is 9.89. The van der Waals surface area contributed by atoms with Gasteiger partial charge < -0.3 is 4.74 Å². The van der Waals surface area contributed by atoms with Crippen LogP contribution in [0.15, 0.2) is 66.2 Å². The van der Waals surface area contributed by atoms with Crippen LogP contribution in [0, 0.1) is 0 Å². The van der Waals surface area contributed by atoms with E-state index in [9.17, 15) is 0 Å². The molecule has 0 amide bonds. The van der Waals surface area contributed by atoms with Crippen molar-refractivity contribution in [2.24, 2.45) is 22.9 Å². The number of hydrogen-bond donors (Lipinski definition) is 4. The molecule has 0 aromatic heterocycles. The third kappa shape index (κ3) is 2.81. The quantitative estimate of drug-likeness (QED) is 0.619. The lowest BCUT2D eigenvalue weighted by Gasteiger charge is -2.24. The van der Waals surface area contributed by atoms with Gasteiger partial charge in [0.25, 0.3) is 0 Å². The van der Waals surface area contributed by atoms with Crippen LogP contribution in [0.2, 0.25) is 0 Å². The van der Waals surface area contributed by atoms with Crippen LogP contribution in [-0.2, 0) is 4.74 Å². The van der Waals surface area contributed by atoms with Gasteiger partial charge in [-0.25, -0.2) is 0 Å². The third-order valence-corrected chi connectivity index (χ3v) is 3.71. The van der Waals surface area contributed by atoms with Crippen LogP contribution in [0.3, 0.4) is 0 Å². The zero-order valence-electron chi connectivity index (χ0n) is 12.2. The molecule has 3 rings (SSSR count). The van der Waals surface area contributed by atoms with Gasteiger partial charge in [-0.2, -0.15) is 0 Å². The third-order valence-electron chi connectivity index (χ3n) is 3.71. The standard InChI is InChI=1S/C17H20N4O/c18-16(19)11-14(17(20,21)22-16)15(12-7-3-1-4-8-12)13-9-5-2-6-10-13/h1-10H,11,18-21H2. The van der Waals surface area contributed by atoms with E-state index in [4.69, 9.17) is 27.7 Å². The van der Waals surface area contributed by atoms with Gasteiger partial charge in [0.05, 0.1) is 0 Å². The molecule has 1 fully saturated rings. The summed E-state index contributed by atoms with van der Waals surface area (Å²) in [5.74, 6) is -2.86. The summed E-state index contributed by atoms with van der Waals surface area (Å²) in [5.41, 5.74) is 27.6. The molecule has 8 N–H and O–H groups in total. The highest BCUT2D eigenvalue weighted by molar-refractivity contribution is 5.83. The first-order chi connectivity index (χ1) is 10.4. The molecule has 0 spiro atoms. The fourth-order valence-corrected chi connectivity index (χ4v) is 2.84. The van der Waals surface area contributed by atoms with Crippen LogP contribution in [0.5, 0.6) is 0 Å². The van der Waals surface area contributed by atoms with E-state index in [1.807, 2.05) is 60.7 Å². The predicted octanol–water partition coefficient (Wildman–Crippen LogP) is 1.05. The van der Waals surface area contributed by atoms with E-state index in [1.165, 1.54) is 0 Å². The van der Waals surface area contributed by atoms with Crippen LogP contribution in [0.25, 0.3) is 5.57 Å². The van der Waals surface area contributed by atoms with Crippen molar-refractivity contribution < 1.29 is 4.74 Å². The molecule has 1 aliphatic rings. The molecule has 0 unspecified atom stereocenters. The highest BCUT2D eigenvalue weighted by Crippen LogP contribution is 2.38. The van der Waals surface area contributed by atoms with Gasteiger partial charge in [0.15, 0.2) is 11.7 Å². The molecule has 0 atom stereocenters. The summed E-state index contributed by atoms with van der Waals surface area (Å²) in [5, 5.41) is 0. The Balaban J connectivity index is 2.25. The summed E-state index contributed by atoms with van der Waals surface area (Å²) in [4.78, 5) is 0. The predicted molar refractivity (Wildman–Crippen MR) is 86.8 cm³/mol. The normalized spacial score (nSPS) is 19.2. The first-order valence-corrected chi connectivity index (χ1v) is 7.09. The molecule has 1 saturated heterocycles. The van der Waals surface area contributed by atoms with E-state index in [0.29, 0.717) is 5.57 Å². The number of ether oxygens (including phenoxy) is 1. The van der Waals surface area contributed by atoms with Crippen LogP contribution in [0.1, 0.15) is 17.5 Å². The van der Waals surface area contributed by atoms with E-state index in [2.05, 4.69) is 0 Å². The highest BCUT2D eigenvalue weighted by atomic mass is 16.6. The Hall–Kier alpha value is -2.02. The Morgan fingerprint density at radius 2 is 1.23 bits per heavy atom. The lowest BCUT2D eigenvalue weighted by Crippen LogP contribution is -2.57. The van der Waals surface area contributed by atoms with Crippen LogP contribution in [-0.4, -0.2) is 11.7 Å². The Bertz CT molecular complexity index is 652. The van der Waals surface area contributed by atoms with Crippen molar-refractivity contribution in [3.63, 3.8) is 0 Å². The number of hydrogen-bond acceptors (Lipinski definition) is 5. The summed E-state index contributed by atoms with van der Waals surface area (Å²) in [7, 11) is 0. The van der Waals surface area contributed by atoms with Gasteiger partial charge in [-0.1, -0.05) is 60.7 Å². The molecule has 1 heterocycles. The number of nitrogens with two attached hydrogens (primary N) is 4. The molecular weight excluding hydrogens is 276 g/mol. The molecule has 1 aliphatic heterocycles. The van der Waals surface area contributed by atoms with Crippen molar-refractivity contribution in [3.8, 4) is 0 Å². The molecule has 0 saturated carbocycles. The molecule has 0 aliphatic carbocycles. The Labute approximate surface area is 129 Å². The fourth-order valence-electron chi connectivity index (χ4n) is 2.84. The lowest BCUT2D eigenvalue weighted by molar-refractivity contribution is -0.0841. The maximum absolute atomic E-state index is 6.11. The number of rotatable bonds is 2. The van der Waals surface area contributed by atoms with E-state index in [1.54, 1.807) is 0 Å². The Kier molecular flexibility index (Phi) is 3.60. The van der Waals surface area contributed by atoms with Gasteiger partial charge in [0.1, 0.15) is 0 Å². The van der Waals surface area contributed by atoms with Crippen molar-refractivity contribution >= 4 is 5.57 Å². The molecule has 5 heteroatoms. The summed E-state index contributed by atoms with van der Waals surface area (Å²) in [6.45, 7) is 0. The zero-order valence-corrected chi connectivity index (χ0v) is 12.2. The summed E-state index contributed by atoms with van der Waals surface area (Å²) in [6, 6.07) is 19.7. The van der Waals surface area contributed by atoms with E-state index in [-0.39, 0.29) is 6.42 Å². The van der Waals surface area contributed by atoms with E-state index in [0.717, 1.165) is 16.7 Å². The molecule has 2 aromatic rings. The maximum Gasteiger partial charge on any atom is 0.197 e. The topological polar surface area (TPSA) is 113 Å². The highest BCUT2D eigenvalue weighted by Gasteiger charge is 2.46. The second-order valence-electron chi connectivity index (χ2n) is 5.61. The minimum Gasteiger partial charge on any atom is -0.309 e. The van der Waals surface area contributed by atoms with Gasteiger partial charge in [-0.05, 0) is 16.7 Å². The van der Waals surface area contributed by atoms with E-state index < -0.39 is 11.7 Å². The largest absolute Gasteiger partial charge is 0.309 e. The zero-order chi connectivity index (χ0) is 15.8. The minimum absolute atomic E-state index is 0.263.